The SMILES string of the molecule is Cc1ccc(NC(=O)c2ccc(Cn3nc(C)c([N+](=O)[O-])c3C)cc2)cc1Cl. The van der Waals surface area contributed by atoms with E-state index in [4.69, 9.17) is 11.6 Å². The van der Waals surface area contributed by atoms with Crippen molar-refractivity contribution in [2.75, 3.05) is 5.32 Å². The number of halogens is 1. The monoisotopic (exact) mass is 398 g/mol. The van der Waals surface area contributed by atoms with Crippen molar-refractivity contribution in [2.45, 2.75) is 27.3 Å². The number of aromatic nitrogens is 2. The Morgan fingerprint density at radius 1 is 1.18 bits per heavy atom. The zero-order valence-corrected chi connectivity index (χ0v) is 16.4. The summed E-state index contributed by atoms with van der Waals surface area (Å²) in [6.07, 6.45) is 0. The molecule has 0 saturated carbocycles. The summed E-state index contributed by atoms with van der Waals surface area (Å²) in [7, 11) is 0. The number of aryl methyl sites for hydroxylation is 2. The summed E-state index contributed by atoms with van der Waals surface area (Å²) >= 11 is 6.08. The molecule has 1 aromatic heterocycles. The fourth-order valence-corrected chi connectivity index (χ4v) is 3.09. The number of nitrogens with zero attached hydrogens (tertiary/aromatic N) is 3. The van der Waals surface area contributed by atoms with Gasteiger partial charge in [0.25, 0.3) is 5.91 Å². The van der Waals surface area contributed by atoms with Crippen LogP contribution in [-0.4, -0.2) is 20.6 Å². The van der Waals surface area contributed by atoms with E-state index in [0.717, 1.165) is 11.1 Å². The van der Waals surface area contributed by atoms with Gasteiger partial charge in [0.2, 0.25) is 0 Å². The fraction of sp³-hybridized carbons (Fsp3) is 0.200. The van der Waals surface area contributed by atoms with Crippen LogP contribution in [0.2, 0.25) is 5.02 Å². The van der Waals surface area contributed by atoms with Crippen LogP contribution >= 0.6 is 11.6 Å². The highest BCUT2D eigenvalue weighted by Gasteiger charge is 2.21. The van der Waals surface area contributed by atoms with Gasteiger partial charge in [0.15, 0.2) is 0 Å². The second kappa shape index (κ2) is 7.82. The number of benzene rings is 2. The molecule has 3 aromatic rings. The standard InChI is InChI=1S/C20H19ClN4O3/c1-12-4-9-17(10-18(12)21)22-20(26)16-7-5-15(6-8-16)11-24-14(3)19(25(27)28)13(2)23-24/h4-10H,11H2,1-3H3,(H,22,26). The van der Waals surface area contributed by atoms with E-state index in [1.807, 2.05) is 13.0 Å². The minimum atomic E-state index is -0.418. The number of rotatable bonds is 5. The first-order valence-corrected chi connectivity index (χ1v) is 8.99. The lowest BCUT2D eigenvalue weighted by Gasteiger charge is -2.08. The van der Waals surface area contributed by atoms with Crippen molar-refractivity contribution in [1.29, 1.82) is 0 Å². The number of amides is 1. The first-order chi connectivity index (χ1) is 13.3. The third-order valence-electron chi connectivity index (χ3n) is 4.50. The largest absolute Gasteiger partial charge is 0.322 e. The summed E-state index contributed by atoms with van der Waals surface area (Å²) in [4.78, 5) is 23.1. The molecular weight excluding hydrogens is 380 g/mol. The number of anilines is 1. The Morgan fingerprint density at radius 3 is 2.43 bits per heavy atom. The van der Waals surface area contributed by atoms with Gasteiger partial charge in [0, 0.05) is 16.3 Å². The van der Waals surface area contributed by atoms with E-state index >= 15 is 0 Å². The summed E-state index contributed by atoms with van der Waals surface area (Å²) in [5.74, 6) is -0.242. The Hall–Kier alpha value is -3.19. The van der Waals surface area contributed by atoms with E-state index < -0.39 is 4.92 Å². The van der Waals surface area contributed by atoms with Gasteiger partial charge in [-0.05, 0) is 56.2 Å². The minimum absolute atomic E-state index is 0.0350. The smallest absolute Gasteiger partial charge is 0.312 e. The molecule has 0 aliphatic heterocycles. The molecule has 0 bridgehead atoms. The highest BCUT2D eigenvalue weighted by atomic mass is 35.5. The molecule has 1 heterocycles. The van der Waals surface area contributed by atoms with Crippen molar-refractivity contribution >= 4 is 28.9 Å². The quantitative estimate of drug-likeness (QED) is 0.499. The summed E-state index contributed by atoms with van der Waals surface area (Å²) in [6, 6.07) is 12.4. The number of nitrogens with one attached hydrogen (secondary N) is 1. The molecule has 0 spiro atoms. The second-order valence-corrected chi connectivity index (χ2v) is 6.96. The molecule has 0 atom stereocenters. The lowest BCUT2D eigenvalue weighted by Crippen LogP contribution is -2.12. The van der Waals surface area contributed by atoms with Crippen LogP contribution in [0.15, 0.2) is 42.5 Å². The molecule has 144 valence electrons. The number of hydrogen-bond donors (Lipinski definition) is 1. The Morgan fingerprint density at radius 2 is 1.86 bits per heavy atom. The van der Waals surface area contributed by atoms with Gasteiger partial charge in [-0.25, -0.2) is 0 Å². The van der Waals surface area contributed by atoms with Gasteiger partial charge < -0.3 is 5.32 Å². The van der Waals surface area contributed by atoms with Crippen LogP contribution in [-0.2, 0) is 6.54 Å². The fourth-order valence-electron chi connectivity index (χ4n) is 2.91. The maximum Gasteiger partial charge on any atom is 0.312 e. The molecule has 0 unspecified atom stereocenters. The molecule has 3 rings (SSSR count). The maximum atomic E-state index is 12.4. The Kier molecular flexibility index (Phi) is 5.46. The van der Waals surface area contributed by atoms with E-state index in [1.165, 1.54) is 0 Å². The third-order valence-corrected chi connectivity index (χ3v) is 4.91. The van der Waals surface area contributed by atoms with Crippen molar-refractivity contribution in [3.8, 4) is 0 Å². The van der Waals surface area contributed by atoms with Gasteiger partial charge in [-0.1, -0.05) is 29.8 Å². The molecule has 28 heavy (non-hydrogen) atoms. The Bertz CT molecular complexity index is 1060. The highest BCUT2D eigenvalue weighted by Crippen LogP contribution is 2.23. The zero-order chi connectivity index (χ0) is 20.4. The number of carbonyl (C=O) groups excluding carboxylic acids is 1. The first-order valence-electron chi connectivity index (χ1n) is 8.61. The van der Waals surface area contributed by atoms with Gasteiger partial charge in [-0.3, -0.25) is 19.6 Å². The lowest BCUT2D eigenvalue weighted by atomic mass is 10.1. The topological polar surface area (TPSA) is 90.1 Å². The van der Waals surface area contributed by atoms with E-state index in [-0.39, 0.29) is 11.6 Å². The Balaban J connectivity index is 1.73. The molecule has 2 aromatic carbocycles. The predicted molar refractivity (Wildman–Crippen MR) is 108 cm³/mol. The number of hydrogen-bond acceptors (Lipinski definition) is 4. The van der Waals surface area contributed by atoms with Crippen molar-refractivity contribution in [2.24, 2.45) is 0 Å². The molecule has 8 heteroatoms. The molecule has 0 fully saturated rings. The maximum absolute atomic E-state index is 12.4. The predicted octanol–water partition coefficient (Wildman–Crippen LogP) is 4.67. The van der Waals surface area contributed by atoms with Crippen LogP contribution in [0.25, 0.3) is 0 Å². The summed E-state index contributed by atoms with van der Waals surface area (Å²) < 4.78 is 1.59. The van der Waals surface area contributed by atoms with Gasteiger partial charge in [-0.2, -0.15) is 5.10 Å². The van der Waals surface area contributed by atoms with Crippen LogP contribution in [0.5, 0.6) is 0 Å². The van der Waals surface area contributed by atoms with Gasteiger partial charge in [0.1, 0.15) is 11.4 Å². The number of nitro groups is 1. The lowest BCUT2D eigenvalue weighted by molar-refractivity contribution is -0.386. The van der Waals surface area contributed by atoms with Crippen LogP contribution in [0, 0.1) is 30.9 Å². The summed E-state index contributed by atoms with van der Waals surface area (Å²) in [5.41, 5.74) is 3.87. The van der Waals surface area contributed by atoms with Crippen molar-refractivity contribution < 1.29 is 9.72 Å². The average molecular weight is 399 g/mol. The van der Waals surface area contributed by atoms with E-state index in [2.05, 4.69) is 10.4 Å². The molecule has 1 amide bonds. The molecule has 1 N–H and O–H groups in total. The summed E-state index contributed by atoms with van der Waals surface area (Å²) in [5, 5.41) is 18.8. The minimum Gasteiger partial charge on any atom is -0.322 e. The van der Waals surface area contributed by atoms with E-state index in [0.29, 0.717) is 34.2 Å². The van der Waals surface area contributed by atoms with Crippen molar-refractivity contribution in [3.05, 3.63) is 85.7 Å². The first kappa shape index (κ1) is 19.6. The van der Waals surface area contributed by atoms with Crippen LogP contribution in [0.1, 0.15) is 32.9 Å². The average Bonchev–Trinajstić information content (AvgIpc) is 2.92. The molecule has 7 nitrogen and oxygen atoms in total. The molecule has 0 saturated heterocycles. The normalized spacial score (nSPS) is 10.7. The summed E-state index contributed by atoms with van der Waals surface area (Å²) in [6.45, 7) is 5.57. The van der Waals surface area contributed by atoms with Gasteiger partial charge >= 0.3 is 5.69 Å². The molecule has 0 aliphatic rings. The van der Waals surface area contributed by atoms with Crippen LogP contribution in [0.4, 0.5) is 11.4 Å². The highest BCUT2D eigenvalue weighted by molar-refractivity contribution is 6.31. The van der Waals surface area contributed by atoms with Crippen molar-refractivity contribution in [3.63, 3.8) is 0 Å². The third kappa shape index (κ3) is 4.04. The van der Waals surface area contributed by atoms with Crippen LogP contribution < -0.4 is 5.32 Å². The second-order valence-electron chi connectivity index (χ2n) is 6.55. The van der Waals surface area contributed by atoms with E-state index in [9.17, 15) is 14.9 Å². The molecule has 0 radical (unpaired) electrons. The van der Waals surface area contributed by atoms with Gasteiger partial charge in [-0.15, -0.1) is 0 Å². The zero-order valence-electron chi connectivity index (χ0n) is 15.7. The van der Waals surface area contributed by atoms with E-state index in [1.54, 1.807) is 54.9 Å². The Labute approximate surface area is 167 Å². The van der Waals surface area contributed by atoms with Crippen LogP contribution in [0.3, 0.4) is 0 Å². The molecular formula is C20H19ClN4O3. The van der Waals surface area contributed by atoms with Crippen molar-refractivity contribution in [1.82, 2.24) is 9.78 Å². The number of carbonyl (C=O) groups is 1. The molecule has 0 aliphatic carbocycles. The van der Waals surface area contributed by atoms with Gasteiger partial charge in [0.05, 0.1) is 11.5 Å².